The molecule has 1 unspecified atom stereocenters. The first-order valence-electron chi connectivity index (χ1n) is 6.40. The van der Waals surface area contributed by atoms with Crippen molar-refractivity contribution in [2.45, 2.75) is 26.8 Å². The number of urea groups is 1. The first-order valence-corrected chi connectivity index (χ1v) is 6.40. The highest BCUT2D eigenvalue weighted by atomic mass is 16.4. The molecule has 0 fully saturated rings. The fourth-order valence-electron chi connectivity index (χ4n) is 1.49. The molecule has 1 aromatic rings. The molecule has 7 nitrogen and oxygen atoms in total. The molecule has 7 heteroatoms. The number of aromatic carboxylic acids is 2. The standard InChI is InChI=1S/C14H18N2O5/c1-7(2)8(3)15-14(21)16-11-5-9(12(17)18)4-10(6-11)13(19)20/h4-8H,1-3H3,(H,17,18)(H,19,20)(H2,15,16,21). The number of carbonyl (C=O) groups is 3. The Morgan fingerprint density at radius 1 is 0.952 bits per heavy atom. The maximum Gasteiger partial charge on any atom is 0.335 e. The Morgan fingerprint density at radius 3 is 1.81 bits per heavy atom. The zero-order chi connectivity index (χ0) is 16.2. The van der Waals surface area contributed by atoms with Gasteiger partial charge in [-0.1, -0.05) is 13.8 Å². The van der Waals surface area contributed by atoms with E-state index in [4.69, 9.17) is 10.2 Å². The lowest BCUT2D eigenvalue weighted by molar-refractivity contribution is 0.0696. The summed E-state index contributed by atoms with van der Waals surface area (Å²) < 4.78 is 0. The molecule has 21 heavy (non-hydrogen) atoms. The SMILES string of the molecule is CC(C)C(C)NC(=O)Nc1cc(C(=O)O)cc(C(=O)O)c1. The summed E-state index contributed by atoms with van der Waals surface area (Å²) in [6.45, 7) is 5.72. The summed E-state index contributed by atoms with van der Waals surface area (Å²) in [5.74, 6) is -2.30. The third-order valence-electron chi connectivity index (χ3n) is 3.04. The Balaban J connectivity index is 2.94. The lowest BCUT2D eigenvalue weighted by atomic mass is 10.1. The molecule has 0 saturated carbocycles. The van der Waals surface area contributed by atoms with Crippen LogP contribution in [0.5, 0.6) is 0 Å². The van der Waals surface area contributed by atoms with Crippen LogP contribution in [0.3, 0.4) is 0 Å². The van der Waals surface area contributed by atoms with E-state index in [9.17, 15) is 14.4 Å². The molecule has 1 aromatic carbocycles. The number of benzene rings is 1. The number of amides is 2. The van der Waals surface area contributed by atoms with Crippen molar-refractivity contribution in [3.05, 3.63) is 29.3 Å². The zero-order valence-electron chi connectivity index (χ0n) is 12.0. The minimum Gasteiger partial charge on any atom is -0.478 e. The number of anilines is 1. The van der Waals surface area contributed by atoms with Crippen molar-refractivity contribution >= 4 is 23.7 Å². The third-order valence-corrected chi connectivity index (χ3v) is 3.04. The fraction of sp³-hybridized carbons (Fsp3) is 0.357. The highest BCUT2D eigenvalue weighted by Gasteiger charge is 2.14. The summed E-state index contributed by atoms with van der Waals surface area (Å²) in [7, 11) is 0. The lowest BCUT2D eigenvalue weighted by Crippen LogP contribution is -2.39. The van der Waals surface area contributed by atoms with Crippen LogP contribution in [0.2, 0.25) is 0 Å². The van der Waals surface area contributed by atoms with E-state index in [1.54, 1.807) is 0 Å². The van der Waals surface area contributed by atoms with Crippen LogP contribution in [0.25, 0.3) is 0 Å². The molecule has 1 atom stereocenters. The van der Waals surface area contributed by atoms with Gasteiger partial charge >= 0.3 is 18.0 Å². The smallest absolute Gasteiger partial charge is 0.335 e. The van der Waals surface area contributed by atoms with Gasteiger partial charge in [-0.05, 0) is 31.0 Å². The molecule has 1 rings (SSSR count). The first-order chi connectivity index (χ1) is 9.70. The Morgan fingerprint density at radius 2 is 1.43 bits per heavy atom. The number of carboxylic acid groups (broad SMARTS) is 2. The monoisotopic (exact) mass is 294 g/mol. The summed E-state index contributed by atoms with van der Waals surface area (Å²) in [4.78, 5) is 33.7. The second kappa shape index (κ2) is 6.74. The summed E-state index contributed by atoms with van der Waals surface area (Å²) in [6, 6.07) is 2.84. The second-order valence-corrected chi connectivity index (χ2v) is 5.04. The molecular formula is C14H18N2O5. The number of nitrogens with one attached hydrogen (secondary N) is 2. The van der Waals surface area contributed by atoms with Gasteiger partial charge in [0.05, 0.1) is 11.1 Å². The normalized spacial score (nSPS) is 11.8. The van der Waals surface area contributed by atoms with Crippen molar-refractivity contribution in [1.29, 1.82) is 0 Å². The van der Waals surface area contributed by atoms with Crippen LogP contribution in [0, 0.1) is 5.92 Å². The molecule has 0 spiro atoms. The average Bonchev–Trinajstić information content (AvgIpc) is 2.37. The largest absolute Gasteiger partial charge is 0.478 e. The summed E-state index contributed by atoms with van der Waals surface area (Å²) in [6.07, 6.45) is 0. The molecular weight excluding hydrogens is 276 g/mol. The quantitative estimate of drug-likeness (QED) is 0.664. The second-order valence-electron chi connectivity index (χ2n) is 5.04. The summed E-state index contributed by atoms with van der Waals surface area (Å²) in [5.41, 5.74) is -0.301. The van der Waals surface area contributed by atoms with Crippen molar-refractivity contribution in [2.75, 3.05) is 5.32 Å². The van der Waals surface area contributed by atoms with Crippen LogP contribution < -0.4 is 10.6 Å². The molecule has 0 aliphatic heterocycles. The van der Waals surface area contributed by atoms with Gasteiger partial charge in [0.15, 0.2) is 0 Å². The van der Waals surface area contributed by atoms with Gasteiger partial charge in [0, 0.05) is 11.7 Å². The maximum absolute atomic E-state index is 11.8. The van der Waals surface area contributed by atoms with Crippen molar-refractivity contribution in [1.82, 2.24) is 5.32 Å². The third kappa shape index (κ3) is 4.79. The highest BCUT2D eigenvalue weighted by Crippen LogP contribution is 2.15. The topological polar surface area (TPSA) is 116 Å². The molecule has 0 saturated heterocycles. The van der Waals surface area contributed by atoms with Gasteiger partial charge in [-0.15, -0.1) is 0 Å². The molecule has 4 N–H and O–H groups in total. The predicted molar refractivity (Wildman–Crippen MR) is 76.8 cm³/mol. The van der Waals surface area contributed by atoms with Gasteiger partial charge in [0.1, 0.15) is 0 Å². The van der Waals surface area contributed by atoms with Gasteiger partial charge in [-0.25, -0.2) is 14.4 Å². The Labute approximate surface area is 122 Å². The van der Waals surface area contributed by atoms with E-state index in [1.165, 1.54) is 12.1 Å². The minimum absolute atomic E-state index is 0.0772. The van der Waals surface area contributed by atoms with Gasteiger partial charge in [-0.2, -0.15) is 0 Å². The van der Waals surface area contributed by atoms with E-state index >= 15 is 0 Å². The number of carbonyl (C=O) groups excluding carboxylic acids is 1. The molecule has 0 bridgehead atoms. The Kier molecular flexibility index (Phi) is 5.29. The predicted octanol–water partition coefficient (Wildman–Crippen LogP) is 2.25. The number of carboxylic acids is 2. The summed E-state index contributed by atoms with van der Waals surface area (Å²) in [5, 5.41) is 23.0. The molecule has 2 amide bonds. The first kappa shape index (κ1) is 16.5. The van der Waals surface area contributed by atoms with Crippen LogP contribution in [-0.2, 0) is 0 Å². The number of hydrogen-bond acceptors (Lipinski definition) is 3. The lowest BCUT2D eigenvalue weighted by Gasteiger charge is -2.18. The molecule has 0 aromatic heterocycles. The van der Waals surface area contributed by atoms with E-state index in [-0.39, 0.29) is 28.8 Å². The van der Waals surface area contributed by atoms with Crippen molar-refractivity contribution in [3.63, 3.8) is 0 Å². The fourth-order valence-corrected chi connectivity index (χ4v) is 1.49. The number of rotatable bonds is 5. The van der Waals surface area contributed by atoms with Crippen molar-refractivity contribution in [2.24, 2.45) is 5.92 Å². The van der Waals surface area contributed by atoms with Crippen molar-refractivity contribution < 1.29 is 24.6 Å². The number of hydrogen-bond donors (Lipinski definition) is 4. The van der Waals surface area contributed by atoms with Crippen molar-refractivity contribution in [3.8, 4) is 0 Å². The van der Waals surface area contributed by atoms with Gasteiger partial charge in [0.2, 0.25) is 0 Å². The van der Waals surface area contributed by atoms with E-state index in [0.29, 0.717) is 0 Å². The molecule has 0 aliphatic carbocycles. The minimum atomic E-state index is -1.27. The van der Waals surface area contributed by atoms with Crippen LogP contribution in [0.1, 0.15) is 41.5 Å². The zero-order valence-corrected chi connectivity index (χ0v) is 12.0. The van der Waals surface area contributed by atoms with E-state index in [2.05, 4.69) is 10.6 Å². The van der Waals surface area contributed by atoms with Crippen LogP contribution >= 0.6 is 0 Å². The van der Waals surface area contributed by atoms with Gasteiger partial charge in [-0.3, -0.25) is 0 Å². The molecule has 114 valence electrons. The Hall–Kier alpha value is -2.57. The Bertz CT molecular complexity index is 536. The van der Waals surface area contributed by atoms with E-state index in [0.717, 1.165) is 6.07 Å². The highest BCUT2D eigenvalue weighted by molar-refractivity contribution is 5.98. The van der Waals surface area contributed by atoms with Crippen LogP contribution in [0.15, 0.2) is 18.2 Å². The van der Waals surface area contributed by atoms with Crippen LogP contribution in [-0.4, -0.2) is 34.2 Å². The van der Waals surface area contributed by atoms with E-state index in [1.807, 2.05) is 20.8 Å². The van der Waals surface area contributed by atoms with Crippen LogP contribution in [0.4, 0.5) is 10.5 Å². The molecule has 0 aliphatic rings. The average molecular weight is 294 g/mol. The summed E-state index contributed by atoms with van der Waals surface area (Å²) >= 11 is 0. The van der Waals surface area contributed by atoms with Gasteiger partial charge < -0.3 is 20.8 Å². The maximum atomic E-state index is 11.8. The van der Waals surface area contributed by atoms with Gasteiger partial charge in [0.25, 0.3) is 0 Å². The molecule has 0 radical (unpaired) electrons. The van der Waals surface area contributed by atoms with E-state index < -0.39 is 18.0 Å². The molecule has 0 heterocycles.